The molecule has 3 nitrogen and oxygen atoms in total. The van der Waals surface area contributed by atoms with Gasteiger partial charge >= 0.3 is 0 Å². The zero-order chi connectivity index (χ0) is 8.13. The summed E-state index contributed by atoms with van der Waals surface area (Å²) in [5.41, 5.74) is 0. The average molecular weight is 170 g/mol. The van der Waals surface area contributed by atoms with Crippen molar-refractivity contribution in [2.24, 2.45) is 17.8 Å². The Morgan fingerprint density at radius 1 is 1.25 bits per heavy atom. The van der Waals surface area contributed by atoms with Crippen LogP contribution in [0.15, 0.2) is 0 Å². The normalized spacial score (nSPS) is 57.2. The number of aliphatic hydroxyl groups excluding tert-OH is 1. The van der Waals surface area contributed by atoms with Crippen molar-refractivity contribution in [3.05, 3.63) is 0 Å². The predicted octanol–water partition coefficient (Wildman–Crippen LogP) is 0.376. The van der Waals surface area contributed by atoms with Gasteiger partial charge in [-0.05, 0) is 24.7 Å². The summed E-state index contributed by atoms with van der Waals surface area (Å²) in [6.45, 7) is 1.55. The fourth-order valence-corrected chi connectivity index (χ4v) is 3.05. The molecule has 1 unspecified atom stereocenters. The first-order valence-electron chi connectivity index (χ1n) is 4.77. The molecule has 68 valence electrons. The quantitative estimate of drug-likeness (QED) is 0.571. The molecule has 2 heterocycles. The van der Waals surface area contributed by atoms with Gasteiger partial charge in [0.25, 0.3) is 0 Å². The van der Waals surface area contributed by atoms with Crippen molar-refractivity contribution in [3.63, 3.8) is 0 Å². The number of hydrogen-bond donors (Lipinski definition) is 1. The summed E-state index contributed by atoms with van der Waals surface area (Å²) in [4.78, 5) is 0. The third-order valence-electron chi connectivity index (χ3n) is 3.60. The van der Waals surface area contributed by atoms with E-state index in [9.17, 15) is 5.11 Å². The molecule has 2 saturated heterocycles. The van der Waals surface area contributed by atoms with E-state index in [0.29, 0.717) is 17.8 Å². The van der Waals surface area contributed by atoms with Gasteiger partial charge in [-0.15, -0.1) is 0 Å². The van der Waals surface area contributed by atoms with Gasteiger partial charge in [-0.2, -0.15) is 0 Å². The summed E-state index contributed by atoms with van der Waals surface area (Å²) in [5.74, 6) is 1.51. The fraction of sp³-hybridized carbons (Fsp3) is 1.00. The van der Waals surface area contributed by atoms with Gasteiger partial charge in [0.1, 0.15) is 0 Å². The Balaban J connectivity index is 1.89. The fourth-order valence-electron chi connectivity index (χ4n) is 3.05. The standard InChI is InChI=1S/C9H14O3/c10-7-3-5-4-12-9-8(5)6(7)1-2-11-9/h5-10H,1-4H2/t5-,6?,7-,8+,9+/m1/s1. The zero-order valence-electron chi connectivity index (χ0n) is 6.98. The lowest BCUT2D eigenvalue weighted by atomic mass is 9.87. The minimum absolute atomic E-state index is 0.00546. The Labute approximate surface area is 71.7 Å². The van der Waals surface area contributed by atoms with E-state index < -0.39 is 0 Å². The molecule has 0 bridgehead atoms. The van der Waals surface area contributed by atoms with Crippen LogP contribution in [-0.4, -0.2) is 30.7 Å². The molecule has 0 aromatic rings. The van der Waals surface area contributed by atoms with E-state index in [4.69, 9.17) is 9.47 Å². The van der Waals surface area contributed by atoms with Crippen molar-refractivity contribution in [1.82, 2.24) is 0 Å². The van der Waals surface area contributed by atoms with Crippen molar-refractivity contribution in [2.75, 3.05) is 13.2 Å². The molecule has 0 aromatic heterocycles. The lowest BCUT2D eigenvalue weighted by Gasteiger charge is -2.31. The summed E-state index contributed by atoms with van der Waals surface area (Å²) in [6.07, 6.45) is 1.86. The zero-order valence-corrected chi connectivity index (χ0v) is 6.98. The second-order valence-electron chi connectivity index (χ2n) is 4.17. The highest BCUT2D eigenvalue weighted by Crippen LogP contribution is 2.48. The number of hydrogen-bond acceptors (Lipinski definition) is 3. The van der Waals surface area contributed by atoms with E-state index in [1.54, 1.807) is 0 Å². The second-order valence-corrected chi connectivity index (χ2v) is 4.17. The van der Waals surface area contributed by atoms with Crippen LogP contribution >= 0.6 is 0 Å². The summed E-state index contributed by atoms with van der Waals surface area (Å²) in [7, 11) is 0. The molecule has 0 radical (unpaired) electrons. The molecular weight excluding hydrogens is 156 g/mol. The van der Waals surface area contributed by atoms with Crippen LogP contribution in [0.5, 0.6) is 0 Å². The first kappa shape index (κ1) is 7.30. The maximum atomic E-state index is 9.74. The molecule has 0 amide bonds. The van der Waals surface area contributed by atoms with Crippen LogP contribution in [0, 0.1) is 17.8 Å². The molecule has 1 aliphatic carbocycles. The van der Waals surface area contributed by atoms with Crippen LogP contribution in [0.4, 0.5) is 0 Å². The van der Waals surface area contributed by atoms with Gasteiger partial charge in [0.05, 0.1) is 19.3 Å². The second kappa shape index (κ2) is 2.44. The van der Waals surface area contributed by atoms with Gasteiger partial charge in [-0.1, -0.05) is 0 Å². The summed E-state index contributed by atoms with van der Waals surface area (Å²) in [5, 5.41) is 9.74. The topological polar surface area (TPSA) is 38.7 Å². The van der Waals surface area contributed by atoms with Crippen molar-refractivity contribution < 1.29 is 14.6 Å². The SMILES string of the molecule is O[C@@H]1C[C@@H]2CO[C@@H]3OCCC1[C@H]23. The Bertz CT molecular complexity index is 190. The van der Waals surface area contributed by atoms with Crippen molar-refractivity contribution in [1.29, 1.82) is 0 Å². The molecule has 3 fully saturated rings. The molecule has 1 N–H and O–H groups in total. The lowest BCUT2D eigenvalue weighted by Crippen LogP contribution is -2.35. The molecule has 0 aromatic carbocycles. The van der Waals surface area contributed by atoms with Crippen LogP contribution in [0.3, 0.4) is 0 Å². The first-order chi connectivity index (χ1) is 5.86. The number of ether oxygens (including phenoxy) is 2. The first-order valence-corrected chi connectivity index (χ1v) is 4.77. The Morgan fingerprint density at radius 3 is 3.08 bits per heavy atom. The van der Waals surface area contributed by atoms with E-state index in [1.807, 2.05) is 0 Å². The van der Waals surface area contributed by atoms with Crippen molar-refractivity contribution >= 4 is 0 Å². The monoisotopic (exact) mass is 170 g/mol. The summed E-state index contributed by atoms with van der Waals surface area (Å²) in [6, 6.07) is 0. The molecule has 1 saturated carbocycles. The third-order valence-corrected chi connectivity index (χ3v) is 3.60. The smallest absolute Gasteiger partial charge is 0.161 e. The van der Waals surface area contributed by atoms with Crippen LogP contribution < -0.4 is 0 Å². The van der Waals surface area contributed by atoms with Gasteiger partial charge in [0.15, 0.2) is 6.29 Å². The van der Waals surface area contributed by atoms with Gasteiger partial charge in [0, 0.05) is 5.92 Å². The molecule has 2 aliphatic heterocycles. The van der Waals surface area contributed by atoms with E-state index in [2.05, 4.69) is 0 Å². The van der Waals surface area contributed by atoms with E-state index >= 15 is 0 Å². The molecule has 3 aliphatic rings. The predicted molar refractivity (Wildman–Crippen MR) is 41.4 cm³/mol. The van der Waals surface area contributed by atoms with Crippen LogP contribution in [-0.2, 0) is 9.47 Å². The van der Waals surface area contributed by atoms with Gasteiger partial charge in [-0.25, -0.2) is 0 Å². The van der Waals surface area contributed by atoms with E-state index in [1.165, 1.54) is 0 Å². The summed E-state index contributed by atoms with van der Waals surface area (Å²) < 4.78 is 11.0. The van der Waals surface area contributed by atoms with Crippen LogP contribution in [0.1, 0.15) is 12.8 Å². The maximum Gasteiger partial charge on any atom is 0.161 e. The largest absolute Gasteiger partial charge is 0.393 e. The maximum absolute atomic E-state index is 9.74. The molecule has 5 atom stereocenters. The van der Waals surface area contributed by atoms with Crippen molar-refractivity contribution in [3.8, 4) is 0 Å². The summed E-state index contributed by atoms with van der Waals surface area (Å²) >= 11 is 0. The number of rotatable bonds is 0. The van der Waals surface area contributed by atoms with Gasteiger partial charge in [-0.3, -0.25) is 0 Å². The minimum Gasteiger partial charge on any atom is -0.393 e. The molecule has 12 heavy (non-hydrogen) atoms. The average Bonchev–Trinajstić information content (AvgIpc) is 2.61. The third kappa shape index (κ3) is 0.817. The Morgan fingerprint density at radius 2 is 2.17 bits per heavy atom. The van der Waals surface area contributed by atoms with E-state index in [-0.39, 0.29) is 12.4 Å². The minimum atomic E-state index is -0.0877. The van der Waals surface area contributed by atoms with Crippen LogP contribution in [0.25, 0.3) is 0 Å². The van der Waals surface area contributed by atoms with E-state index in [0.717, 1.165) is 26.1 Å². The highest BCUT2D eigenvalue weighted by Gasteiger charge is 2.52. The lowest BCUT2D eigenvalue weighted by molar-refractivity contribution is -0.173. The highest BCUT2D eigenvalue weighted by molar-refractivity contribution is 4.97. The van der Waals surface area contributed by atoms with Gasteiger partial charge < -0.3 is 14.6 Å². The van der Waals surface area contributed by atoms with Crippen molar-refractivity contribution in [2.45, 2.75) is 25.2 Å². The van der Waals surface area contributed by atoms with Gasteiger partial charge in [0.2, 0.25) is 0 Å². The molecule has 3 heteroatoms. The molecular formula is C9H14O3. The number of aliphatic hydroxyl groups is 1. The molecule has 0 spiro atoms. The highest BCUT2D eigenvalue weighted by atomic mass is 16.7. The molecule has 3 rings (SSSR count). The Kier molecular flexibility index (Phi) is 1.48. The van der Waals surface area contributed by atoms with Crippen LogP contribution in [0.2, 0.25) is 0 Å². The Hall–Kier alpha value is -0.120.